The zero-order valence-corrected chi connectivity index (χ0v) is 17.3. The summed E-state index contributed by atoms with van der Waals surface area (Å²) in [4.78, 5) is 33.0. The Hall–Kier alpha value is -3.02. The third-order valence-electron chi connectivity index (χ3n) is 6.60. The van der Waals surface area contributed by atoms with E-state index in [1.165, 1.54) is 0 Å². The van der Waals surface area contributed by atoms with Gasteiger partial charge in [-0.15, -0.1) is 0 Å². The predicted molar refractivity (Wildman–Crippen MR) is 115 cm³/mol. The number of hydrogen-bond donors (Lipinski definition) is 0. The number of amides is 1. The smallest absolute Gasteiger partial charge is 0.254 e. The Morgan fingerprint density at radius 2 is 2.03 bits per heavy atom. The topological polar surface area (TPSA) is 68.1 Å². The predicted octanol–water partition coefficient (Wildman–Crippen LogP) is 4.09. The van der Waals surface area contributed by atoms with Crippen molar-refractivity contribution in [3.63, 3.8) is 0 Å². The first kappa shape index (κ1) is 19.0. The number of carbonyl (C=O) groups is 2. The molecule has 1 aliphatic carbocycles. The molecule has 2 fully saturated rings. The first-order valence-electron chi connectivity index (χ1n) is 10.9. The fourth-order valence-corrected chi connectivity index (χ4v) is 5.02. The largest absolute Gasteiger partial charge is 0.334 e. The van der Waals surface area contributed by atoms with Gasteiger partial charge in [0.1, 0.15) is 5.78 Å². The van der Waals surface area contributed by atoms with Crippen molar-refractivity contribution >= 4 is 22.6 Å². The van der Waals surface area contributed by atoms with Gasteiger partial charge in [-0.25, -0.2) is 4.98 Å². The number of nitrogens with zero attached hydrogens (tertiary/aromatic N) is 4. The summed E-state index contributed by atoms with van der Waals surface area (Å²) in [6, 6.07) is 9.73. The molecule has 6 nitrogen and oxygen atoms in total. The number of piperidine rings is 1. The van der Waals surface area contributed by atoms with Gasteiger partial charge in [-0.2, -0.15) is 5.10 Å². The summed E-state index contributed by atoms with van der Waals surface area (Å²) >= 11 is 0. The Kier molecular flexibility index (Phi) is 4.85. The second kappa shape index (κ2) is 7.67. The molecular weight excluding hydrogens is 376 g/mol. The van der Waals surface area contributed by atoms with Gasteiger partial charge in [-0.3, -0.25) is 14.3 Å². The number of para-hydroxylation sites is 1. The zero-order chi connectivity index (χ0) is 20.7. The number of benzene rings is 1. The summed E-state index contributed by atoms with van der Waals surface area (Å²) in [7, 11) is 0. The lowest BCUT2D eigenvalue weighted by Crippen LogP contribution is -2.53. The van der Waals surface area contributed by atoms with Gasteiger partial charge in [-0.05, 0) is 31.9 Å². The minimum absolute atomic E-state index is 0.00630. The van der Waals surface area contributed by atoms with Crippen LogP contribution in [0.15, 0.2) is 42.7 Å². The van der Waals surface area contributed by atoms with Crippen LogP contribution in [0.4, 0.5) is 0 Å². The Bertz CT molecular complexity index is 1120. The van der Waals surface area contributed by atoms with Crippen LogP contribution in [-0.2, 0) is 11.3 Å². The Labute approximate surface area is 175 Å². The molecule has 1 saturated heterocycles. The highest BCUT2D eigenvalue weighted by Gasteiger charge is 2.41. The first-order valence-corrected chi connectivity index (χ1v) is 10.9. The lowest BCUT2D eigenvalue weighted by molar-refractivity contribution is -0.129. The summed E-state index contributed by atoms with van der Waals surface area (Å²) in [5.41, 5.74) is 3.13. The Morgan fingerprint density at radius 1 is 1.20 bits per heavy atom. The maximum absolute atomic E-state index is 13.8. The molecule has 0 bridgehead atoms. The van der Waals surface area contributed by atoms with E-state index in [9.17, 15) is 9.59 Å². The molecule has 3 heterocycles. The summed E-state index contributed by atoms with van der Waals surface area (Å²) in [6.45, 7) is 3.33. The number of likely N-dealkylation sites (tertiary alicyclic amines) is 1. The molecule has 2 aromatic heterocycles. The Balaban J connectivity index is 1.58. The van der Waals surface area contributed by atoms with Crippen LogP contribution < -0.4 is 0 Å². The van der Waals surface area contributed by atoms with E-state index in [0.29, 0.717) is 24.3 Å². The molecule has 0 N–H and O–H groups in total. The van der Waals surface area contributed by atoms with Gasteiger partial charge in [0.2, 0.25) is 0 Å². The number of Topliss-reactive ketones (excluding diaryl/α,β-unsaturated/α-hetero) is 1. The first-order chi connectivity index (χ1) is 14.7. The van der Waals surface area contributed by atoms with E-state index in [-0.39, 0.29) is 17.9 Å². The van der Waals surface area contributed by atoms with Crippen LogP contribution in [0.2, 0.25) is 0 Å². The Morgan fingerprint density at radius 3 is 2.87 bits per heavy atom. The minimum Gasteiger partial charge on any atom is -0.334 e. The quantitative estimate of drug-likeness (QED) is 0.662. The van der Waals surface area contributed by atoms with Crippen molar-refractivity contribution in [3.05, 3.63) is 48.3 Å². The standard InChI is InChI=1S/C24H26N4O2/c1-2-27-15-16(14-25-27)21-13-19(17-7-3-5-9-20(17)26-21)24(30)28-12-11-23(29)18-8-4-6-10-22(18)28/h3,5,7,9,13-15,18,22H,2,4,6,8,10-12H2,1H3/t18-,22+/m0/s1. The molecule has 2 aliphatic rings. The summed E-state index contributed by atoms with van der Waals surface area (Å²) in [6.07, 6.45) is 8.21. The minimum atomic E-state index is 0.00630. The van der Waals surface area contributed by atoms with Crippen LogP contribution >= 0.6 is 0 Å². The molecule has 1 amide bonds. The lowest BCUT2D eigenvalue weighted by atomic mass is 9.77. The molecule has 1 aliphatic heterocycles. The fourth-order valence-electron chi connectivity index (χ4n) is 5.02. The molecule has 1 saturated carbocycles. The van der Waals surface area contributed by atoms with Crippen molar-refractivity contribution in [1.82, 2.24) is 19.7 Å². The molecule has 6 heteroatoms. The number of aryl methyl sites for hydroxylation is 1. The third kappa shape index (κ3) is 3.20. The van der Waals surface area contributed by atoms with E-state index in [2.05, 4.69) is 5.10 Å². The molecule has 1 aromatic carbocycles. The summed E-state index contributed by atoms with van der Waals surface area (Å²) in [5.74, 6) is 0.352. The van der Waals surface area contributed by atoms with E-state index in [0.717, 1.165) is 54.4 Å². The highest BCUT2D eigenvalue weighted by Crippen LogP contribution is 2.35. The molecule has 5 rings (SSSR count). The van der Waals surface area contributed by atoms with E-state index >= 15 is 0 Å². The molecule has 0 spiro atoms. The van der Waals surface area contributed by atoms with Gasteiger partial charge in [0.25, 0.3) is 5.91 Å². The van der Waals surface area contributed by atoms with E-state index in [4.69, 9.17) is 4.98 Å². The van der Waals surface area contributed by atoms with Gasteiger partial charge in [0.05, 0.1) is 23.0 Å². The van der Waals surface area contributed by atoms with Crippen LogP contribution in [0.3, 0.4) is 0 Å². The van der Waals surface area contributed by atoms with Crippen molar-refractivity contribution < 1.29 is 9.59 Å². The highest BCUT2D eigenvalue weighted by atomic mass is 16.2. The SMILES string of the molecule is CCn1cc(-c2cc(C(=O)N3CCC(=O)[C@H]4CCCC[C@H]43)c3ccccc3n2)cn1. The van der Waals surface area contributed by atoms with Crippen LogP contribution in [0.5, 0.6) is 0 Å². The lowest BCUT2D eigenvalue weighted by Gasteiger charge is -2.43. The van der Waals surface area contributed by atoms with E-state index in [1.54, 1.807) is 6.20 Å². The van der Waals surface area contributed by atoms with Gasteiger partial charge < -0.3 is 4.90 Å². The second-order valence-corrected chi connectivity index (χ2v) is 8.33. The average molecular weight is 402 g/mol. The van der Waals surface area contributed by atoms with E-state index < -0.39 is 0 Å². The van der Waals surface area contributed by atoms with Crippen molar-refractivity contribution in [2.24, 2.45) is 5.92 Å². The maximum atomic E-state index is 13.8. The second-order valence-electron chi connectivity index (χ2n) is 8.33. The van der Waals surface area contributed by atoms with Crippen molar-refractivity contribution in [3.8, 4) is 11.3 Å². The fraction of sp³-hybridized carbons (Fsp3) is 0.417. The van der Waals surface area contributed by atoms with Gasteiger partial charge in [0.15, 0.2) is 0 Å². The van der Waals surface area contributed by atoms with Gasteiger partial charge >= 0.3 is 0 Å². The van der Waals surface area contributed by atoms with Gasteiger partial charge in [0, 0.05) is 48.6 Å². The molecule has 154 valence electrons. The number of ketones is 1. The summed E-state index contributed by atoms with van der Waals surface area (Å²) < 4.78 is 1.86. The maximum Gasteiger partial charge on any atom is 0.254 e. The monoisotopic (exact) mass is 402 g/mol. The van der Waals surface area contributed by atoms with Crippen molar-refractivity contribution in [2.45, 2.75) is 51.6 Å². The number of carbonyl (C=O) groups excluding carboxylic acids is 2. The molecule has 3 aromatic rings. The molecular formula is C24H26N4O2. The van der Waals surface area contributed by atoms with Crippen LogP contribution in [-0.4, -0.2) is 43.9 Å². The van der Waals surface area contributed by atoms with Crippen LogP contribution in [0.1, 0.15) is 49.4 Å². The van der Waals surface area contributed by atoms with Crippen LogP contribution in [0, 0.1) is 5.92 Å². The zero-order valence-electron chi connectivity index (χ0n) is 17.3. The molecule has 0 radical (unpaired) electrons. The third-order valence-corrected chi connectivity index (χ3v) is 6.60. The van der Waals surface area contributed by atoms with Crippen molar-refractivity contribution in [2.75, 3.05) is 6.54 Å². The molecule has 30 heavy (non-hydrogen) atoms. The number of aromatic nitrogens is 3. The van der Waals surface area contributed by atoms with Crippen LogP contribution in [0.25, 0.3) is 22.2 Å². The molecule has 2 atom stereocenters. The number of pyridine rings is 1. The molecule has 0 unspecified atom stereocenters. The summed E-state index contributed by atoms with van der Waals surface area (Å²) in [5, 5.41) is 5.22. The van der Waals surface area contributed by atoms with Gasteiger partial charge in [-0.1, -0.05) is 31.0 Å². The normalized spacial score (nSPS) is 21.6. The number of fused-ring (bicyclic) bond motifs is 2. The van der Waals surface area contributed by atoms with Crippen molar-refractivity contribution in [1.29, 1.82) is 0 Å². The highest BCUT2D eigenvalue weighted by molar-refractivity contribution is 6.07. The number of rotatable bonds is 3. The number of hydrogen-bond acceptors (Lipinski definition) is 4. The van der Waals surface area contributed by atoms with E-state index in [1.807, 2.05) is 53.0 Å². The average Bonchev–Trinajstić information content (AvgIpc) is 3.28.